The number of amides is 1. The van der Waals surface area contributed by atoms with Gasteiger partial charge in [-0.15, -0.1) is 11.3 Å². The predicted molar refractivity (Wildman–Crippen MR) is 86.6 cm³/mol. The Balaban J connectivity index is 1.67. The smallest absolute Gasteiger partial charge is 0.266 e. The number of methoxy groups -OCH3 is 1. The van der Waals surface area contributed by atoms with Gasteiger partial charge < -0.3 is 19.5 Å². The quantitative estimate of drug-likeness (QED) is 0.700. The largest absolute Gasteiger partial charge is 0.429 e. The number of fused-ring (bicyclic) bond motifs is 1. The lowest BCUT2D eigenvalue weighted by atomic mass is 10.2. The molecule has 3 aromatic rings. The minimum Gasteiger partial charge on any atom is -0.429 e. The summed E-state index contributed by atoms with van der Waals surface area (Å²) in [5.74, 6) is -0.136. The number of oxazole rings is 1. The molecule has 0 unspecified atom stereocenters. The van der Waals surface area contributed by atoms with E-state index in [9.17, 15) is 4.79 Å². The van der Waals surface area contributed by atoms with E-state index in [0.717, 1.165) is 16.2 Å². The number of ether oxygens (including phenoxy) is 1. The van der Waals surface area contributed by atoms with Crippen LogP contribution in [0.1, 0.15) is 10.7 Å². The summed E-state index contributed by atoms with van der Waals surface area (Å²) in [5.41, 5.74) is 2.79. The van der Waals surface area contributed by atoms with Gasteiger partial charge in [-0.2, -0.15) is 0 Å². The molecule has 2 heterocycles. The Morgan fingerprint density at radius 3 is 3.23 bits per heavy atom. The number of benzene rings is 1. The van der Waals surface area contributed by atoms with Crippen LogP contribution in [0.4, 0.5) is 5.69 Å². The topological polar surface area (TPSA) is 80.1 Å². The van der Waals surface area contributed by atoms with Crippen LogP contribution in [-0.4, -0.2) is 23.0 Å². The van der Waals surface area contributed by atoms with Crippen molar-refractivity contribution in [3.63, 3.8) is 0 Å². The number of H-pyrrole nitrogens is 1. The first kappa shape index (κ1) is 14.9. The van der Waals surface area contributed by atoms with Crippen molar-refractivity contribution in [3.05, 3.63) is 39.1 Å². The average Bonchev–Trinajstić information content (AvgIpc) is 3.04. The fraction of sp³-hybridized carbons (Fsp3) is 0.214. The fourth-order valence-electron chi connectivity index (χ4n) is 2.01. The molecule has 0 fully saturated rings. The SMILES string of the molecule is COCc1nc(CC(=O)Nc2ccc3[nH]c(=S)oc3c2)cs1. The van der Waals surface area contributed by atoms with Crippen LogP contribution in [0.25, 0.3) is 11.1 Å². The molecule has 0 aliphatic rings. The molecule has 0 aliphatic heterocycles. The van der Waals surface area contributed by atoms with Crippen molar-refractivity contribution >= 4 is 46.2 Å². The predicted octanol–water partition coefficient (Wildman–Crippen LogP) is 3.27. The van der Waals surface area contributed by atoms with E-state index in [1.807, 2.05) is 11.4 Å². The van der Waals surface area contributed by atoms with Gasteiger partial charge >= 0.3 is 0 Å². The van der Waals surface area contributed by atoms with Gasteiger partial charge in [0.2, 0.25) is 5.91 Å². The Morgan fingerprint density at radius 1 is 1.55 bits per heavy atom. The molecule has 1 amide bonds. The maximum atomic E-state index is 12.1. The van der Waals surface area contributed by atoms with Gasteiger partial charge in [0.05, 0.1) is 24.2 Å². The van der Waals surface area contributed by atoms with E-state index < -0.39 is 0 Å². The highest BCUT2D eigenvalue weighted by molar-refractivity contribution is 7.71. The number of carbonyl (C=O) groups excluding carboxylic acids is 1. The summed E-state index contributed by atoms with van der Waals surface area (Å²) in [6.45, 7) is 0.460. The van der Waals surface area contributed by atoms with Gasteiger partial charge in [0, 0.05) is 24.2 Å². The summed E-state index contributed by atoms with van der Waals surface area (Å²) in [7, 11) is 1.62. The summed E-state index contributed by atoms with van der Waals surface area (Å²) in [5, 5.41) is 5.54. The highest BCUT2D eigenvalue weighted by atomic mass is 32.1. The number of carbonyl (C=O) groups is 1. The summed E-state index contributed by atoms with van der Waals surface area (Å²) >= 11 is 6.41. The normalized spacial score (nSPS) is 11.0. The van der Waals surface area contributed by atoms with Gasteiger partial charge in [0.25, 0.3) is 4.84 Å². The van der Waals surface area contributed by atoms with Crippen LogP contribution in [0.3, 0.4) is 0 Å². The minimum absolute atomic E-state index is 0.136. The Morgan fingerprint density at radius 2 is 2.41 bits per heavy atom. The molecule has 6 nitrogen and oxygen atoms in total. The first-order chi connectivity index (χ1) is 10.6. The van der Waals surface area contributed by atoms with Gasteiger partial charge in [-0.3, -0.25) is 4.79 Å². The third-order valence-corrected chi connectivity index (χ3v) is 3.97. The van der Waals surface area contributed by atoms with Crippen LogP contribution in [-0.2, 0) is 22.6 Å². The van der Waals surface area contributed by atoms with Gasteiger partial charge in [-0.25, -0.2) is 4.98 Å². The molecule has 2 aromatic heterocycles. The van der Waals surface area contributed by atoms with Crippen LogP contribution < -0.4 is 5.32 Å². The number of rotatable bonds is 5. The maximum Gasteiger partial charge on any atom is 0.266 e. The first-order valence-electron chi connectivity index (χ1n) is 6.49. The third kappa shape index (κ3) is 3.41. The van der Waals surface area contributed by atoms with Crippen LogP contribution in [0.15, 0.2) is 28.0 Å². The van der Waals surface area contributed by atoms with Crippen molar-refractivity contribution in [2.45, 2.75) is 13.0 Å². The lowest BCUT2D eigenvalue weighted by molar-refractivity contribution is -0.115. The van der Waals surface area contributed by atoms with E-state index in [2.05, 4.69) is 15.3 Å². The Labute approximate surface area is 135 Å². The van der Waals surface area contributed by atoms with E-state index in [4.69, 9.17) is 21.4 Å². The summed E-state index contributed by atoms with van der Waals surface area (Å²) in [4.78, 5) is 19.6. The molecule has 114 valence electrons. The van der Waals surface area contributed by atoms with Gasteiger partial charge in [0.15, 0.2) is 5.58 Å². The summed E-state index contributed by atoms with van der Waals surface area (Å²) in [6.07, 6.45) is 0.217. The molecule has 0 radical (unpaired) electrons. The van der Waals surface area contributed by atoms with Crippen LogP contribution in [0, 0.1) is 4.84 Å². The molecule has 2 N–H and O–H groups in total. The van der Waals surface area contributed by atoms with Gasteiger partial charge in [-0.1, -0.05) is 0 Å². The second-order valence-corrected chi connectivity index (χ2v) is 5.93. The maximum absolute atomic E-state index is 12.1. The Bertz CT molecular complexity index is 865. The molecule has 1 aromatic carbocycles. The number of aromatic amines is 1. The second-order valence-electron chi connectivity index (χ2n) is 4.62. The average molecular weight is 335 g/mol. The molecule has 0 atom stereocenters. The van der Waals surface area contributed by atoms with E-state index in [1.54, 1.807) is 19.2 Å². The number of aromatic nitrogens is 2. The van der Waals surface area contributed by atoms with Crippen molar-refractivity contribution in [2.75, 3.05) is 12.4 Å². The number of anilines is 1. The number of thiazole rings is 1. The molecule has 0 spiro atoms. The number of hydrogen-bond acceptors (Lipinski definition) is 6. The lowest BCUT2D eigenvalue weighted by Crippen LogP contribution is -2.14. The van der Waals surface area contributed by atoms with Crippen LogP contribution in [0.2, 0.25) is 0 Å². The molecule has 0 aliphatic carbocycles. The number of nitrogens with one attached hydrogen (secondary N) is 2. The Hall–Kier alpha value is -2.03. The molecule has 0 saturated heterocycles. The highest BCUT2D eigenvalue weighted by Gasteiger charge is 2.09. The third-order valence-electron chi connectivity index (χ3n) is 2.91. The molecular weight excluding hydrogens is 322 g/mol. The monoisotopic (exact) mass is 335 g/mol. The second kappa shape index (κ2) is 6.39. The zero-order valence-electron chi connectivity index (χ0n) is 11.7. The van der Waals surface area contributed by atoms with Crippen molar-refractivity contribution in [1.82, 2.24) is 9.97 Å². The van der Waals surface area contributed by atoms with Gasteiger partial charge in [0.1, 0.15) is 5.01 Å². The molecule has 8 heteroatoms. The molecule has 0 bridgehead atoms. The van der Waals surface area contributed by atoms with E-state index >= 15 is 0 Å². The zero-order valence-corrected chi connectivity index (χ0v) is 13.3. The van der Waals surface area contributed by atoms with Crippen LogP contribution >= 0.6 is 23.6 Å². The standard InChI is InChI=1S/C14H13N3O3S2/c1-19-6-13-16-9(7-22-13)5-12(18)15-8-2-3-10-11(4-8)20-14(21)17-10/h2-4,7H,5-6H2,1H3,(H,15,18)(H,17,21). The van der Waals surface area contributed by atoms with Crippen molar-refractivity contribution in [1.29, 1.82) is 0 Å². The lowest BCUT2D eigenvalue weighted by Gasteiger charge is -2.03. The molecule has 22 heavy (non-hydrogen) atoms. The van der Waals surface area contributed by atoms with Crippen molar-refractivity contribution in [3.8, 4) is 0 Å². The molecule has 0 saturated carbocycles. The van der Waals surface area contributed by atoms with Gasteiger partial charge in [-0.05, 0) is 24.4 Å². The van der Waals surface area contributed by atoms with E-state index in [0.29, 0.717) is 22.7 Å². The zero-order chi connectivity index (χ0) is 15.5. The fourth-order valence-corrected chi connectivity index (χ4v) is 2.98. The Kier molecular flexibility index (Phi) is 4.32. The first-order valence-corrected chi connectivity index (χ1v) is 7.78. The summed E-state index contributed by atoms with van der Waals surface area (Å²) in [6, 6.07) is 5.33. The van der Waals surface area contributed by atoms with Crippen molar-refractivity contribution < 1.29 is 13.9 Å². The van der Waals surface area contributed by atoms with E-state index in [-0.39, 0.29) is 12.3 Å². The van der Waals surface area contributed by atoms with Crippen LogP contribution in [0.5, 0.6) is 0 Å². The number of nitrogens with zero attached hydrogens (tertiary/aromatic N) is 1. The highest BCUT2D eigenvalue weighted by Crippen LogP contribution is 2.19. The van der Waals surface area contributed by atoms with E-state index in [1.165, 1.54) is 11.3 Å². The minimum atomic E-state index is -0.136. The molecule has 3 rings (SSSR count). The molecular formula is C14H13N3O3S2. The number of hydrogen-bond donors (Lipinski definition) is 2. The summed E-state index contributed by atoms with van der Waals surface area (Å²) < 4.78 is 10.3. The van der Waals surface area contributed by atoms with Crippen molar-refractivity contribution in [2.24, 2.45) is 0 Å².